The zero-order chi connectivity index (χ0) is 16.9. The van der Waals surface area contributed by atoms with Gasteiger partial charge in [-0.1, -0.05) is 43.0 Å². The van der Waals surface area contributed by atoms with E-state index < -0.39 is 11.9 Å². The van der Waals surface area contributed by atoms with E-state index in [9.17, 15) is 14.4 Å². The predicted octanol–water partition coefficient (Wildman–Crippen LogP) is 3.10. The highest BCUT2D eigenvalue weighted by atomic mass is 16.5. The van der Waals surface area contributed by atoms with Crippen LogP contribution in [0.15, 0.2) is 55.3 Å². The summed E-state index contributed by atoms with van der Waals surface area (Å²) in [4.78, 5) is 34.4. The van der Waals surface area contributed by atoms with Crippen molar-refractivity contribution < 1.29 is 23.9 Å². The molecule has 0 aliphatic carbocycles. The first kappa shape index (κ1) is 18.4. The Balaban J connectivity index is 2.15. The first-order chi connectivity index (χ1) is 11.1. The molecule has 0 saturated heterocycles. The Morgan fingerprint density at radius 1 is 0.957 bits per heavy atom. The normalized spacial score (nSPS) is 10.3. The molecule has 0 spiro atoms. The van der Waals surface area contributed by atoms with E-state index in [0.717, 1.165) is 5.56 Å². The molecule has 122 valence electrons. The fraction of sp³-hybridized carbons (Fsp3) is 0.278. The van der Waals surface area contributed by atoms with Crippen LogP contribution < -0.4 is 0 Å². The Labute approximate surface area is 135 Å². The number of ketones is 1. The number of ether oxygens (including phenoxy) is 2. The molecule has 0 bridgehead atoms. The largest absolute Gasteiger partial charge is 0.461 e. The number of rotatable bonds is 10. The molecule has 0 saturated carbocycles. The molecule has 0 aromatic heterocycles. The van der Waals surface area contributed by atoms with Crippen LogP contribution in [0.5, 0.6) is 0 Å². The molecule has 23 heavy (non-hydrogen) atoms. The second-order valence-corrected chi connectivity index (χ2v) is 4.74. The third-order valence-electron chi connectivity index (χ3n) is 2.87. The van der Waals surface area contributed by atoms with E-state index >= 15 is 0 Å². The van der Waals surface area contributed by atoms with Crippen molar-refractivity contribution in [2.75, 3.05) is 0 Å². The molecule has 0 atom stereocenters. The average molecular weight is 316 g/mol. The molecule has 0 aliphatic rings. The summed E-state index contributed by atoms with van der Waals surface area (Å²) in [7, 11) is 0. The monoisotopic (exact) mass is 316 g/mol. The van der Waals surface area contributed by atoms with E-state index in [1.54, 1.807) is 0 Å². The van der Waals surface area contributed by atoms with Gasteiger partial charge in [-0.05, 0) is 11.6 Å². The van der Waals surface area contributed by atoms with Gasteiger partial charge in [0.25, 0.3) is 0 Å². The standard InChI is InChI=1S/C18H20O5/c1-2-3-13-22-17(20)11-9-16(19)10-12-18(21)23-14-15-7-5-4-6-8-15/h2-8,13H,1,9-12,14H2/b13-3-. The molecular formula is C18H20O5. The van der Waals surface area contributed by atoms with Gasteiger partial charge in [-0.15, -0.1) is 0 Å². The number of hydrogen-bond donors (Lipinski definition) is 0. The molecule has 0 N–H and O–H groups in total. The molecule has 1 rings (SSSR count). The summed E-state index contributed by atoms with van der Waals surface area (Å²) >= 11 is 0. The van der Waals surface area contributed by atoms with Crippen molar-refractivity contribution in [3.8, 4) is 0 Å². The summed E-state index contributed by atoms with van der Waals surface area (Å²) in [6.07, 6.45) is 4.26. The van der Waals surface area contributed by atoms with Crippen molar-refractivity contribution in [3.05, 3.63) is 60.9 Å². The summed E-state index contributed by atoms with van der Waals surface area (Å²) in [5.74, 6) is -1.10. The van der Waals surface area contributed by atoms with Crippen LogP contribution in [0.3, 0.4) is 0 Å². The first-order valence-electron chi connectivity index (χ1n) is 7.30. The van der Waals surface area contributed by atoms with Crippen LogP contribution in [0, 0.1) is 0 Å². The molecule has 1 aromatic rings. The second kappa shape index (κ2) is 11.0. The van der Waals surface area contributed by atoms with Gasteiger partial charge >= 0.3 is 11.9 Å². The molecule has 0 radical (unpaired) electrons. The number of benzene rings is 1. The molecule has 5 nitrogen and oxygen atoms in total. The summed E-state index contributed by atoms with van der Waals surface area (Å²) in [6.45, 7) is 3.62. The van der Waals surface area contributed by atoms with Crippen molar-refractivity contribution >= 4 is 17.7 Å². The summed E-state index contributed by atoms with van der Waals surface area (Å²) < 4.78 is 9.78. The van der Waals surface area contributed by atoms with Crippen LogP contribution in [-0.4, -0.2) is 17.7 Å². The maximum Gasteiger partial charge on any atom is 0.311 e. The predicted molar refractivity (Wildman–Crippen MR) is 85.1 cm³/mol. The molecule has 0 aliphatic heterocycles. The lowest BCUT2D eigenvalue weighted by Gasteiger charge is -2.04. The van der Waals surface area contributed by atoms with E-state index in [-0.39, 0.29) is 38.1 Å². The zero-order valence-corrected chi connectivity index (χ0v) is 12.9. The molecule has 0 amide bonds. The maximum atomic E-state index is 11.6. The van der Waals surface area contributed by atoms with Gasteiger partial charge in [-0.3, -0.25) is 14.4 Å². The molecule has 5 heteroatoms. The molecule has 0 unspecified atom stereocenters. The van der Waals surface area contributed by atoms with Gasteiger partial charge in [-0.25, -0.2) is 0 Å². The molecule has 0 fully saturated rings. The molecule has 1 aromatic carbocycles. The van der Waals surface area contributed by atoms with Crippen LogP contribution in [0.1, 0.15) is 31.2 Å². The van der Waals surface area contributed by atoms with Gasteiger partial charge in [0.1, 0.15) is 12.4 Å². The van der Waals surface area contributed by atoms with Crippen molar-refractivity contribution in [1.82, 2.24) is 0 Å². The van der Waals surface area contributed by atoms with E-state index in [1.165, 1.54) is 18.4 Å². The van der Waals surface area contributed by atoms with Crippen molar-refractivity contribution in [2.24, 2.45) is 0 Å². The number of Topliss-reactive ketones (excluding diaryl/α,β-unsaturated/α-hetero) is 1. The van der Waals surface area contributed by atoms with Gasteiger partial charge in [0.15, 0.2) is 0 Å². The highest BCUT2D eigenvalue weighted by molar-refractivity contribution is 5.85. The summed E-state index contributed by atoms with van der Waals surface area (Å²) in [6, 6.07) is 9.30. The summed E-state index contributed by atoms with van der Waals surface area (Å²) in [5.41, 5.74) is 0.891. The Morgan fingerprint density at radius 2 is 1.61 bits per heavy atom. The highest BCUT2D eigenvalue weighted by Gasteiger charge is 2.11. The number of hydrogen-bond acceptors (Lipinski definition) is 5. The number of carbonyl (C=O) groups is 3. The fourth-order valence-corrected chi connectivity index (χ4v) is 1.65. The fourth-order valence-electron chi connectivity index (χ4n) is 1.65. The van der Waals surface area contributed by atoms with Crippen LogP contribution in [0.4, 0.5) is 0 Å². The minimum atomic E-state index is -0.497. The highest BCUT2D eigenvalue weighted by Crippen LogP contribution is 2.05. The van der Waals surface area contributed by atoms with Crippen LogP contribution >= 0.6 is 0 Å². The van der Waals surface area contributed by atoms with Crippen LogP contribution in [0.2, 0.25) is 0 Å². The number of esters is 2. The Hall–Kier alpha value is -2.69. The quantitative estimate of drug-likeness (QED) is 0.377. The van der Waals surface area contributed by atoms with Crippen LogP contribution in [-0.2, 0) is 30.5 Å². The number of carbonyl (C=O) groups excluding carboxylic acids is 3. The smallest absolute Gasteiger partial charge is 0.311 e. The van der Waals surface area contributed by atoms with E-state index in [2.05, 4.69) is 6.58 Å². The Kier molecular flexibility index (Phi) is 8.74. The lowest BCUT2D eigenvalue weighted by molar-refractivity contribution is -0.146. The number of allylic oxidation sites excluding steroid dienone is 2. The third kappa shape index (κ3) is 9.03. The third-order valence-corrected chi connectivity index (χ3v) is 2.87. The molecule has 0 heterocycles. The van der Waals surface area contributed by atoms with Gasteiger partial charge in [0.2, 0.25) is 0 Å². The lowest BCUT2D eigenvalue weighted by atomic mass is 10.1. The average Bonchev–Trinajstić information content (AvgIpc) is 2.57. The summed E-state index contributed by atoms with van der Waals surface area (Å²) in [5, 5.41) is 0. The SMILES string of the molecule is C=C/C=C\OC(=O)CCC(=O)CCC(=O)OCc1ccccc1. The minimum absolute atomic E-state index is 0.0110. The topological polar surface area (TPSA) is 69.7 Å². The van der Waals surface area contributed by atoms with Crippen molar-refractivity contribution in [2.45, 2.75) is 32.3 Å². The second-order valence-electron chi connectivity index (χ2n) is 4.74. The van der Waals surface area contributed by atoms with Crippen LogP contribution in [0.25, 0.3) is 0 Å². The van der Waals surface area contributed by atoms with Crippen molar-refractivity contribution in [3.63, 3.8) is 0 Å². The van der Waals surface area contributed by atoms with Gasteiger partial charge in [0.05, 0.1) is 19.1 Å². The van der Waals surface area contributed by atoms with Gasteiger partial charge < -0.3 is 9.47 Å². The van der Waals surface area contributed by atoms with E-state index in [4.69, 9.17) is 9.47 Å². The van der Waals surface area contributed by atoms with Gasteiger partial charge in [-0.2, -0.15) is 0 Å². The van der Waals surface area contributed by atoms with Crippen molar-refractivity contribution in [1.29, 1.82) is 0 Å². The van der Waals surface area contributed by atoms with E-state index in [1.807, 2.05) is 30.3 Å². The molecular weight excluding hydrogens is 296 g/mol. The van der Waals surface area contributed by atoms with Gasteiger partial charge in [0, 0.05) is 12.8 Å². The first-order valence-corrected chi connectivity index (χ1v) is 7.30. The van der Waals surface area contributed by atoms with E-state index in [0.29, 0.717) is 0 Å². The lowest BCUT2D eigenvalue weighted by Crippen LogP contribution is -2.09. The Bertz CT molecular complexity index is 560. The maximum absolute atomic E-state index is 11.6. The Morgan fingerprint density at radius 3 is 2.26 bits per heavy atom. The minimum Gasteiger partial charge on any atom is -0.461 e. The zero-order valence-electron chi connectivity index (χ0n) is 12.9.